The molecule has 5 heteroatoms. The van der Waals surface area contributed by atoms with E-state index in [0.717, 1.165) is 32.4 Å². The summed E-state index contributed by atoms with van der Waals surface area (Å²) in [4.78, 5) is 14.8. The summed E-state index contributed by atoms with van der Waals surface area (Å²) in [5.41, 5.74) is -0.516. The molecule has 1 aliphatic heterocycles. The van der Waals surface area contributed by atoms with Crippen molar-refractivity contribution in [2.45, 2.75) is 76.8 Å². The number of carbonyl (C=O) groups excluding carboxylic acids is 1. The molecule has 4 atom stereocenters. The monoisotopic (exact) mass is 298 g/mol. The zero-order chi connectivity index (χ0) is 15.6. The van der Waals surface area contributed by atoms with Crippen molar-refractivity contribution in [2.75, 3.05) is 20.2 Å². The predicted octanol–water partition coefficient (Wildman–Crippen LogP) is 1.56. The molecule has 5 nitrogen and oxygen atoms in total. The second-order valence-corrected chi connectivity index (χ2v) is 6.98. The predicted molar refractivity (Wildman–Crippen MR) is 82.2 cm³/mol. The summed E-state index contributed by atoms with van der Waals surface area (Å²) in [6, 6.07) is 0.703. The Morgan fingerprint density at radius 1 is 1.33 bits per heavy atom. The Hall–Kier alpha value is -0.650. The third kappa shape index (κ3) is 3.76. The van der Waals surface area contributed by atoms with Crippen LogP contribution in [-0.4, -0.2) is 60.9 Å². The summed E-state index contributed by atoms with van der Waals surface area (Å²) in [5.74, 6) is -0.118. The summed E-state index contributed by atoms with van der Waals surface area (Å²) in [5, 5.41) is 3.46. The van der Waals surface area contributed by atoms with Gasteiger partial charge in [0.15, 0.2) is 0 Å². The smallest absolute Gasteiger partial charge is 0.326 e. The summed E-state index contributed by atoms with van der Waals surface area (Å²) in [7, 11) is 1.48. The van der Waals surface area contributed by atoms with Crippen LogP contribution in [0.4, 0.5) is 0 Å². The van der Waals surface area contributed by atoms with Gasteiger partial charge in [-0.1, -0.05) is 0 Å². The minimum atomic E-state index is -0.516. The van der Waals surface area contributed by atoms with Crippen molar-refractivity contribution in [3.63, 3.8) is 0 Å². The molecule has 0 aromatic rings. The number of morpholine rings is 1. The number of methoxy groups -OCH3 is 1. The zero-order valence-corrected chi connectivity index (χ0v) is 14.0. The van der Waals surface area contributed by atoms with Crippen molar-refractivity contribution in [2.24, 2.45) is 0 Å². The van der Waals surface area contributed by atoms with E-state index in [-0.39, 0.29) is 24.2 Å². The summed E-state index contributed by atoms with van der Waals surface area (Å²) in [6.07, 6.45) is 3.24. The van der Waals surface area contributed by atoms with Crippen LogP contribution in [-0.2, 0) is 14.3 Å². The summed E-state index contributed by atoms with van der Waals surface area (Å²) in [6.45, 7) is 10.3. The molecular formula is C16H30N2O3. The highest BCUT2D eigenvalue weighted by Gasteiger charge is 2.48. The molecule has 0 aromatic heterocycles. The van der Waals surface area contributed by atoms with E-state index in [9.17, 15) is 4.79 Å². The van der Waals surface area contributed by atoms with E-state index in [1.165, 1.54) is 7.11 Å². The molecule has 1 saturated heterocycles. The fraction of sp³-hybridized carbons (Fsp3) is 0.938. The van der Waals surface area contributed by atoms with Crippen LogP contribution in [0.1, 0.15) is 47.0 Å². The van der Waals surface area contributed by atoms with Crippen LogP contribution in [0.5, 0.6) is 0 Å². The standard InChI is InChI=1S/C16H30N2O3/c1-11(2)17-16(15(19)20-5)7-6-14(8-16)18-9-12(3)21-13(4)10-18/h11-14,17H,6-10H2,1-5H3. The zero-order valence-electron chi connectivity index (χ0n) is 14.0. The average molecular weight is 298 g/mol. The normalized spacial score (nSPS) is 37.9. The average Bonchev–Trinajstić information content (AvgIpc) is 2.81. The van der Waals surface area contributed by atoms with E-state index in [1.807, 2.05) is 0 Å². The molecule has 0 radical (unpaired) electrons. The molecule has 1 heterocycles. The van der Waals surface area contributed by atoms with Gasteiger partial charge in [0, 0.05) is 25.2 Å². The van der Waals surface area contributed by atoms with Gasteiger partial charge < -0.3 is 9.47 Å². The Labute approximate surface area is 128 Å². The summed E-state index contributed by atoms with van der Waals surface area (Å²) >= 11 is 0. The van der Waals surface area contributed by atoms with E-state index in [0.29, 0.717) is 6.04 Å². The third-order valence-electron chi connectivity index (χ3n) is 4.59. The maximum atomic E-state index is 12.3. The maximum Gasteiger partial charge on any atom is 0.326 e. The van der Waals surface area contributed by atoms with Crippen LogP contribution >= 0.6 is 0 Å². The Balaban J connectivity index is 2.07. The van der Waals surface area contributed by atoms with Crippen molar-refractivity contribution < 1.29 is 14.3 Å². The third-order valence-corrected chi connectivity index (χ3v) is 4.59. The molecule has 0 aromatic carbocycles. The second-order valence-electron chi connectivity index (χ2n) is 6.98. The van der Waals surface area contributed by atoms with Crippen molar-refractivity contribution in [3.05, 3.63) is 0 Å². The minimum Gasteiger partial charge on any atom is -0.468 e. The molecular weight excluding hydrogens is 268 g/mol. The molecule has 1 saturated carbocycles. The van der Waals surface area contributed by atoms with Crippen molar-refractivity contribution in [1.82, 2.24) is 10.2 Å². The van der Waals surface area contributed by atoms with Gasteiger partial charge in [0.2, 0.25) is 0 Å². The Bertz CT molecular complexity index is 365. The van der Waals surface area contributed by atoms with E-state index in [2.05, 4.69) is 37.9 Å². The van der Waals surface area contributed by atoms with Crippen LogP contribution in [0.2, 0.25) is 0 Å². The highest BCUT2D eigenvalue weighted by molar-refractivity contribution is 5.81. The Morgan fingerprint density at radius 3 is 2.48 bits per heavy atom. The number of rotatable bonds is 4. The van der Waals surface area contributed by atoms with Gasteiger partial charge in [-0.15, -0.1) is 0 Å². The van der Waals surface area contributed by atoms with Crippen LogP contribution < -0.4 is 5.32 Å². The Kier molecular flexibility index (Phi) is 5.28. The van der Waals surface area contributed by atoms with Crippen LogP contribution in [0, 0.1) is 0 Å². The van der Waals surface area contributed by atoms with E-state index < -0.39 is 5.54 Å². The molecule has 122 valence electrons. The topological polar surface area (TPSA) is 50.8 Å². The first kappa shape index (κ1) is 16.7. The number of hydrogen-bond donors (Lipinski definition) is 1. The van der Waals surface area contributed by atoms with Gasteiger partial charge in [-0.2, -0.15) is 0 Å². The van der Waals surface area contributed by atoms with Crippen molar-refractivity contribution in [3.8, 4) is 0 Å². The maximum absolute atomic E-state index is 12.3. The van der Waals surface area contributed by atoms with Gasteiger partial charge in [0.25, 0.3) is 0 Å². The van der Waals surface area contributed by atoms with E-state index in [4.69, 9.17) is 9.47 Å². The Morgan fingerprint density at radius 2 is 1.95 bits per heavy atom. The molecule has 21 heavy (non-hydrogen) atoms. The lowest BCUT2D eigenvalue weighted by Gasteiger charge is -2.39. The second kappa shape index (κ2) is 6.63. The molecule has 2 aliphatic rings. The van der Waals surface area contributed by atoms with Gasteiger partial charge in [-0.3, -0.25) is 15.0 Å². The lowest BCUT2D eigenvalue weighted by molar-refractivity contribution is -0.149. The molecule has 4 unspecified atom stereocenters. The quantitative estimate of drug-likeness (QED) is 0.798. The molecule has 1 aliphatic carbocycles. The first-order chi connectivity index (χ1) is 9.86. The summed E-state index contributed by atoms with van der Waals surface area (Å²) < 4.78 is 10.9. The van der Waals surface area contributed by atoms with Gasteiger partial charge in [0.1, 0.15) is 5.54 Å². The number of ether oxygens (including phenoxy) is 2. The minimum absolute atomic E-state index is 0.118. The van der Waals surface area contributed by atoms with E-state index >= 15 is 0 Å². The number of esters is 1. The highest BCUT2D eigenvalue weighted by atomic mass is 16.5. The largest absolute Gasteiger partial charge is 0.468 e. The van der Waals surface area contributed by atoms with Crippen LogP contribution in [0.3, 0.4) is 0 Å². The molecule has 0 spiro atoms. The molecule has 2 fully saturated rings. The number of carbonyl (C=O) groups is 1. The first-order valence-electron chi connectivity index (χ1n) is 8.12. The fourth-order valence-electron chi connectivity index (χ4n) is 3.97. The lowest BCUT2D eigenvalue weighted by Crippen LogP contribution is -2.55. The van der Waals surface area contributed by atoms with Gasteiger partial charge in [-0.25, -0.2) is 0 Å². The highest BCUT2D eigenvalue weighted by Crippen LogP contribution is 2.35. The molecule has 1 N–H and O–H groups in total. The van der Waals surface area contributed by atoms with Gasteiger partial charge in [-0.05, 0) is 47.0 Å². The molecule has 2 rings (SSSR count). The van der Waals surface area contributed by atoms with Crippen molar-refractivity contribution >= 4 is 5.97 Å². The van der Waals surface area contributed by atoms with Gasteiger partial charge in [0.05, 0.1) is 19.3 Å². The van der Waals surface area contributed by atoms with E-state index in [1.54, 1.807) is 0 Å². The number of nitrogens with one attached hydrogen (secondary N) is 1. The number of hydrogen-bond acceptors (Lipinski definition) is 5. The van der Waals surface area contributed by atoms with Crippen LogP contribution in [0.25, 0.3) is 0 Å². The number of nitrogens with zero attached hydrogens (tertiary/aromatic N) is 1. The SMILES string of the molecule is COC(=O)C1(NC(C)C)CCC(N2CC(C)OC(C)C2)C1. The van der Waals surface area contributed by atoms with Crippen molar-refractivity contribution in [1.29, 1.82) is 0 Å². The first-order valence-corrected chi connectivity index (χ1v) is 8.12. The van der Waals surface area contributed by atoms with Gasteiger partial charge >= 0.3 is 5.97 Å². The van der Waals surface area contributed by atoms with Crippen LogP contribution in [0.15, 0.2) is 0 Å². The molecule has 0 bridgehead atoms. The lowest BCUT2D eigenvalue weighted by atomic mass is 9.95. The molecule has 0 amide bonds. The fourth-order valence-corrected chi connectivity index (χ4v) is 3.97.